The number of oxazole rings is 1. The van der Waals surface area contributed by atoms with Gasteiger partial charge in [0.05, 0.1) is 12.2 Å². The number of guanidine groups is 1. The van der Waals surface area contributed by atoms with Gasteiger partial charge in [-0.3, -0.25) is 9.79 Å². The van der Waals surface area contributed by atoms with E-state index < -0.39 is 0 Å². The van der Waals surface area contributed by atoms with Gasteiger partial charge in [-0.2, -0.15) is 0 Å². The van der Waals surface area contributed by atoms with Gasteiger partial charge >= 0.3 is 0 Å². The quantitative estimate of drug-likeness (QED) is 0.359. The summed E-state index contributed by atoms with van der Waals surface area (Å²) in [5.41, 5.74) is 4.77. The lowest BCUT2D eigenvalue weighted by molar-refractivity contribution is -0.119. The van der Waals surface area contributed by atoms with Crippen molar-refractivity contribution in [1.82, 2.24) is 15.6 Å². The summed E-state index contributed by atoms with van der Waals surface area (Å²) < 4.78 is 5.61. The van der Waals surface area contributed by atoms with Crippen LogP contribution in [0.4, 0.5) is 5.69 Å². The summed E-state index contributed by atoms with van der Waals surface area (Å²) in [4.78, 5) is 20.9. The van der Waals surface area contributed by atoms with Gasteiger partial charge in [-0.15, -0.1) is 0 Å². The molecule has 3 aromatic rings. The smallest absolute Gasteiger partial charge is 0.227 e. The van der Waals surface area contributed by atoms with Crippen LogP contribution in [0.3, 0.4) is 0 Å². The number of aryl methyl sites for hydroxylation is 1. The molecule has 3 rings (SSSR count). The summed E-state index contributed by atoms with van der Waals surface area (Å²) >= 11 is 0. The average molecular weight is 434 g/mol. The molecule has 32 heavy (non-hydrogen) atoms. The number of amides is 1. The van der Waals surface area contributed by atoms with E-state index in [1.165, 1.54) is 5.56 Å². The molecular weight excluding hydrogens is 402 g/mol. The Hall–Kier alpha value is -3.61. The summed E-state index contributed by atoms with van der Waals surface area (Å²) in [6.45, 7) is 7.04. The standard InChI is InChI=1S/C25H31N5O2/c1-5-18(3)23(31)29-21-8-6-7-19(13-21)14-27-25(26-4)28-15-22-16-32-24(30-22)20-11-9-17(2)10-12-20/h6-13,16,18H,5,14-15H2,1-4H3,(H,29,31)(H2,26,27,28). The molecule has 0 aliphatic heterocycles. The first-order valence-corrected chi connectivity index (χ1v) is 10.8. The van der Waals surface area contributed by atoms with Crippen LogP contribution in [0.25, 0.3) is 11.5 Å². The number of rotatable bonds is 8. The Balaban J connectivity index is 1.52. The monoisotopic (exact) mass is 433 g/mol. The number of carbonyl (C=O) groups excluding carboxylic acids is 1. The Kier molecular flexibility index (Phi) is 8.02. The van der Waals surface area contributed by atoms with Crippen molar-refractivity contribution in [3.05, 3.63) is 71.6 Å². The summed E-state index contributed by atoms with van der Waals surface area (Å²) in [7, 11) is 1.72. The molecule has 1 heterocycles. The van der Waals surface area contributed by atoms with Crippen LogP contribution in [0.5, 0.6) is 0 Å². The second-order valence-corrected chi connectivity index (χ2v) is 7.79. The molecule has 2 aromatic carbocycles. The van der Waals surface area contributed by atoms with E-state index in [1.807, 2.05) is 69.3 Å². The van der Waals surface area contributed by atoms with Gasteiger partial charge in [-0.1, -0.05) is 43.7 Å². The summed E-state index contributed by atoms with van der Waals surface area (Å²) in [5.74, 6) is 1.27. The molecule has 0 spiro atoms. The molecule has 0 bridgehead atoms. The fourth-order valence-electron chi connectivity index (χ4n) is 3.01. The van der Waals surface area contributed by atoms with Crippen molar-refractivity contribution in [2.75, 3.05) is 12.4 Å². The summed E-state index contributed by atoms with van der Waals surface area (Å²) in [6.07, 6.45) is 2.46. The summed E-state index contributed by atoms with van der Waals surface area (Å²) in [5, 5.41) is 9.50. The second-order valence-electron chi connectivity index (χ2n) is 7.79. The van der Waals surface area contributed by atoms with Crippen LogP contribution in [-0.2, 0) is 17.9 Å². The highest BCUT2D eigenvalue weighted by molar-refractivity contribution is 5.92. The number of aliphatic imine (C=N–C) groups is 1. The molecular formula is C25H31N5O2. The van der Waals surface area contributed by atoms with Crippen molar-refractivity contribution in [2.45, 2.75) is 40.3 Å². The molecule has 0 saturated carbocycles. The number of aromatic nitrogens is 1. The molecule has 168 valence electrons. The van der Waals surface area contributed by atoms with Gasteiger partial charge in [-0.05, 0) is 43.2 Å². The number of hydrogen-bond donors (Lipinski definition) is 3. The highest BCUT2D eigenvalue weighted by Crippen LogP contribution is 2.19. The first-order chi connectivity index (χ1) is 15.5. The molecule has 0 aliphatic carbocycles. The maximum atomic E-state index is 12.1. The maximum Gasteiger partial charge on any atom is 0.227 e. The molecule has 1 atom stereocenters. The zero-order valence-corrected chi connectivity index (χ0v) is 19.1. The maximum absolute atomic E-state index is 12.1. The molecule has 3 N–H and O–H groups in total. The van der Waals surface area contributed by atoms with E-state index in [2.05, 4.69) is 25.9 Å². The van der Waals surface area contributed by atoms with Crippen LogP contribution in [0.1, 0.15) is 37.1 Å². The third kappa shape index (κ3) is 6.44. The van der Waals surface area contributed by atoms with Crippen molar-refractivity contribution >= 4 is 17.6 Å². The third-order valence-corrected chi connectivity index (χ3v) is 5.23. The minimum Gasteiger partial charge on any atom is -0.444 e. The second kappa shape index (κ2) is 11.1. The van der Waals surface area contributed by atoms with Gasteiger partial charge in [0.15, 0.2) is 5.96 Å². The van der Waals surface area contributed by atoms with Crippen molar-refractivity contribution in [1.29, 1.82) is 0 Å². The first-order valence-electron chi connectivity index (χ1n) is 10.8. The van der Waals surface area contributed by atoms with E-state index in [0.717, 1.165) is 28.9 Å². The number of hydrogen-bond acceptors (Lipinski definition) is 4. The third-order valence-electron chi connectivity index (χ3n) is 5.23. The minimum absolute atomic E-state index is 0.0112. The van der Waals surface area contributed by atoms with Crippen LogP contribution in [0.2, 0.25) is 0 Å². The van der Waals surface area contributed by atoms with Crippen LogP contribution in [-0.4, -0.2) is 23.9 Å². The van der Waals surface area contributed by atoms with Gasteiger partial charge in [0.1, 0.15) is 6.26 Å². The SMILES string of the molecule is CCC(C)C(=O)Nc1cccc(CNC(=NC)NCc2coc(-c3ccc(C)cc3)n2)c1. The van der Waals surface area contributed by atoms with E-state index in [1.54, 1.807) is 13.3 Å². The van der Waals surface area contributed by atoms with Gasteiger partial charge < -0.3 is 20.4 Å². The van der Waals surface area contributed by atoms with Crippen LogP contribution < -0.4 is 16.0 Å². The zero-order chi connectivity index (χ0) is 22.9. The lowest BCUT2D eigenvalue weighted by Crippen LogP contribution is -2.36. The summed E-state index contributed by atoms with van der Waals surface area (Å²) in [6, 6.07) is 15.9. The Bertz CT molecular complexity index is 1060. The molecule has 1 amide bonds. The van der Waals surface area contributed by atoms with Crippen LogP contribution in [0.15, 0.2) is 64.2 Å². The van der Waals surface area contributed by atoms with Crippen molar-refractivity contribution in [3.8, 4) is 11.5 Å². The minimum atomic E-state index is -0.0112. The topological polar surface area (TPSA) is 91.5 Å². The van der Waals surface area contributed by atoms with E-state index in [9.17, 15) is 4.79 Å². The van der Waals surface area contributed by atoms with Crippen molar-refractivity contribution < 1.29 is 9.21 Å². The molecule has 1 aromatic heterocycles. The Morgan fingerprint density at radius 3 is 2.59 bits per heavy atom. The number of carbonyl (C=O) groups is 1. The molecule has 7 nitrogen and oxygen atoms in total. The Labute approximate surface area is 189 Å². The predicted octanol–water partition coefficient (Wildman–Crippen LogP) is 4.50. The fraction of sp³-hybridized carbons (Fsp3) is 0.320. The lowest BCUT2D eigenvalue weighted by atomic mass is 10.1. The van der Waals surface area contributed by atoms with Crippen molar-refractivity contribution in [2.24, 2.45) is 10.9 Å². The number of benzene rings is 2. The average Bonchev–Trinajstić information content (AvgIpc) is 3.28. The van der Waals surface area contributed by atoms with Gasteiger partial charge in [0, 0.05) is 30.8 Å². The van der Waals surface area contributed by atoms with E-state index >= 15 is 0 Å². The predicted molar refractivity (Wildman–Crippen MR) is 128 cm³/mol. The van der Waals surface area contributed by atoms with E-state index in [4.69, 9.17) is 4.42 Å². The molecule has 0 saturated heterocycles. The highest BCUT2D eigenvalue weighted by atomic mass is 16.3. The Morgan fingerprint density at radius 2 is 1.88 bits per heavy atom. The Morgan fingerprint density at radius 1 is 1.12 bits per heavy atom. The van der Waals surface area contributed by atoms with Gasteiger partial charge in [0.25, 0.3) is 0 Å². The van der Waals surface area contributed by atoms with Crippen molar-refractivity contribution in [3.63, 3.8) is 0 Å². The van der Waals surface area contributed by atoms with E-state index in [0.29, 0.717) is 24.9 Å². The number of anilines is 1. The molecule has 1 unspecified atom stereocenters. The molecule has 0 aliphatic rings. The first kappa shape index (κ1) is 23.1. The molecule has 7 heteroatoms. The lowest BCUT2D eigenvalue weighted by Gasteiger charge is -2.13. The number of nitrogens with zero attached hydrogens (tertiary/aromatic N) is 2. The van der Waals surface area contributed by atoms with Gasteiger partial charge in [-0.25, -0.2) is 4.98 Å². The highest BCUT2D eigenvalue weighted by Gasteiger charge is 2.11. The van der Waals surface area contributed by atoms with E-state index in [-0.39, 0.29) is 11.8 Å². The normalized spacial score (nSPS) is 12.3. The largest absolute Gasteiger partial charge is 0.444 e. The zero-order valence-electron chi connectivity index (χ0n) is 19.1. The molecule has 0 radical (unpaired) electrons. The fourth-order valence-corrected chi connectivity index (χ4v) is 3.01. The van der Waals surface area contributed by atoms with Crippen LogP contribution >= 0.6 is 0 Å². The van der Waals surface area contributed by atoms with Crippen LogP contribution in [0, 0.1) is 12.8 Å². The molecule has 0 fully saturated rings. The number of nitrogens with one attached hydrogen (secondary N) is 3. The van der Waals surface area contributed by atoms with Gasteiger partial charge in [0.2, 0.25) is 11.8 Å².